The van der Waals surface area contributed by atoms with E-state index in [4.69, 9.17) is 19.1 Å². The predicted octanol–water partition coefficient (Wildman–Crippen LogP) is 7.96. The Labute approximate surface area is 464 Å². The number of rotatable bonds is 24. The topological polar surface area (TPSA) is 252 Å². The normalized spacial score (nSPS) is 10.9. The van der Waals surface area contributed by atoms with Gasteiger partial charge in [-0.05, 0) is 62.7 Å². The number of pyridine rings is 2. The van der Waals surface area contributed by atoms with Crippen molar-refractivity contribution in [2.24, 2.45) is 54.4 Å². The molecule has 0 N–H and O–H groups in total. The number of hydrogen-bond acceptors (Lipinski definition) is 16. The molecule has 1 aromatic carbocycles. The van der Waals surface area contributed by atoms with E-state index in [1.54, 1.807) is 114 Å². The molecule has 19 heteroatoms. The third kappa shape index (κ3) is 21.4. The molecule has 0 aliphatic heterocycles. The van der Waals surface area contributed by atoms with Crippen molar-refractivity contribution in [3.05, 3.63) is 119 Å². The molecule has 434 valence electrons. The minimum atomic E-state index is -0.472. The summed E-state index contributed by atoms with van der Waals surface area (Å²) in [5.74, 6) is -0.822. The van der Waals surface area contributed by atoms with Gasteiger partial charge in [-0.3, -0.25) is 52.7 Å². The lowest BCUT2D eigenvalue weighted by atomic mass is 9.97. The monoisotopic (exact) mass is 1100 g/mol. The molecule has 0 fully saturated rings. The number of aryl methyl sites for hydroxylation is 1. The van der Waals surface area contributed by atoms with Crippen molar-refractivity contribution >= 4 is 46.3 Å². The van der Waals surface area contributed by atoms with Gasteiger partial charge in [0.25, 0.3) is 16.7 Å². The fraction of sp³-hybridized carbons (Fsp3) is 0.533. The van der Waals surface area contributed by atoms with Crippen LogP contribution in [0, 0.1) is 68.1 Å². The lowest BCUT2D eigenvalue weighted by molar-refractivity contribution is -0.127. The first-order valence-corrected chi connectivity index (χ1v) is 26.5. The predicted molar refractivity (Wildman–Crippen MR) is 301 cm³/mol. The Balaban J connectivity index is 0.000000527. The van der Waals surface area contributed by atoms with Crippen molar-refractivity contribution in [3.63, 3.8) is 0 Å². The molecule has 4 rings (SSSR count). The zero-order valence-electron chi connectivity index (χ0n) is 50.0. The van der Waals surface area contributed by atoms with E-state index in [1.165, 1.54) is 30.8 Å². The van der Waals surface area contributed by atoms with Crippen LogP contribution in [0.4, 0.5) is 0 Å². The van der Waals surface area contributed by atoms with Gasteiger partial charge < -0.3 is 23.7 Å². The molecule has 0 aliphatic carbocycles. The van der Waals surface area contributed by atoms with Crippen LogP contribution in [0.1, 0.15) is 169 Å². The van der Waals surface area contributed by atoms with Crippen molar-refractivity contribution in [2.45, 2.75) is 132 Å². The molecule has 0 spiro atoms. The summed E-state index contributed by atoms with van der Waals surface area (Å²) in [6, 6.07) is 9.88. The number of Topliss-reactive ketones (excluding diaryl/α,β-unsaturated/α-hetero) is 8. The van der Waals surface area contributed by atoms with Crippen molar-refractivity contribution in [3.8, 4) is 11.5 Å². The molecule has 79 heavy (non-hydrogen) atoms. The van der Waals surface area contributed by atoms with Crippen LogP contribution in [0.25, 0.3) is 0 Å². The van der Waals surface area contributed by atoms with E-state index in [0.29, 0.717) is 22.6 Å². The SMILES string of the molecule is CC(C)C(=O)COc1ccc(C(=O)C(C)C)n(C)c1=O.Cc1c(C(=O)C(C)C)ccn(OCC(=O)C(C)C)c1=O.Cc1c(C(=O)C(C)C)ncn(OCC(=O)C(C)C)c1=O.Cc1cc(OCC(=O)C(C)C)ccc1C(=O)C(C)C. The average Bonchev–Trinajstić information content (AvgIpc) is 3.38. The maximum Gasteiger partial charge on any atom is 0.293 e. The van der Waals surface area contributed by atoms with Crippen LogP contribution in [0.15, 0.2) is 63.3 Å². The molecule has 0 aliphatic rings. The number of carbonyl (C=O) groups is 8. The Morgan fingerprint density at radius 2 is 0.886 bits per heavy atom. The summed E-state index contributed by atoms with van der Waals surface area (Å²) in [5, 5.41) is 0. The first-order valence-electron chi connectivity index (χ1n) is 26.5. The number of carbonyl (C=O) groups excluding carboxylic acids is 8. The number of nitrogens with zero attached hydrogens (tertiary/aromatic N) is 4. The average molecular weight is 1100 g/mol. The minimum absolute atomic E-state index is 0.0204. The highest BCUT2D eigenvalue weighted by molar-refractivity contribution is 5.99. The van der Waals surface area contributed by atoms with Gasteiger partial charge in [-0.15, -0.1) is 4.73 Å². The molecular formula is C60H84N4O15. The van der Waals surface area contributed by atoms with Crippen LogP contribution in [-0.2, 0) is 26.2 Å². The molecule has 3 heterocycles. The van der Waals surface area contributed by atoms with Crippen LogP contribution in [-0.4, -0.2) is 91.7 Å². The molecule has 0 bridgehead atoms. The van der Waals surface area contributed by atoms with Crippen molar-refractivity contribution < 1.29 is 57.5 Å². The van der Waals surface area contributed by atoms with Crippen LogP contribution >= 0.6 is 0 Å². The fourth-order valence-electron chi connectivity index (χ4n) is 6.25. The molecule has 0 amide bonds. The van der Waals surface area contributed by atoms with Crippen LogP contribution < -0.4 is 35.8 Å². The molecule has 0 unspecified atom stereocenters. The smallest absolute Gasteiger partial charge is 0.293 e. The van der Waals surface area contributed by atoms with E-state index >= 15 is 0 Å². The van der Waals surface area contributed by atoms with E-state index in [2.05, 4.69) is 4.98 Å². The Bertz CT molecular complexity index is 2740. The summed E-state index contributed by atoms with van der Waals surface area (Å²) < 4.78 is 13.8. The van der Waals surface area contributed by atoms with Gasteiger partial charge in [0, 0.05) is 82.8 Å². The van der Waals surface area contributed by atoms with Gasteiger partial charge in [-0.25, -0.2) is 4.98 Å². The third-order valence-corrected chi connectivity index (χ3v) is 12.1. The molecule has 0 saturated carbocycles. The Hall–Kier alpha value is -7.44. The first-order chi connectivity index (χ1) is 36.6. The number of hydrogen-bond donors (Lipinski definition) is 0. The largest absolute Gasteiger partial charge is 0.486 e. The Kier molecular flexibility index (Phi) is 28.6. The third-order valence-electron chi connectivity index (χ3n) is 12.1. The van der Waals surface area contributed by atoms with E-state index in [-0.39, 0.29) is 137 Å². The van der Waals surface area contributed by atoms with E-state index < -0.39 is 16.7 Å². The van der Waals surface area contributed by atoms with Gasteiger partial charge in [0.1, 0.15) is 31.0 Å². The fourth-order valence-corrected chi connectivity index (χ4v) is 6.25. The highest BCUT2D eigenvalue weighted by atomic mass is 16.7. The number of aromatic nitrogens is 4. The summed E-state index contributed by atoms with van der Waals surface area (Å²) in [4.78, 5) is 144. The summed E-state index contributed by atoms with van der Waals surface area (Å²) in [6.07, 6.45) is 2.52. The van der Waals surface area contributed by atoms with Gasteiger partial charge in [-0.1, -0.05) is 111 Å². The second kappa shape index (κ2) is 32.5. The standard InChI is InChI=1S/C16H22O3.2C15H21NO4.C14H20N2O4/c1-10(2)15(17)9-19-13-6-7-14(12(5)8-13)16(18)11(3)4;1-9(2)12(17)8-20-13-7-6-11(14(18)10(3)4)16(5)15(13)19;1-9(2)13(17)8-20-16-7-6-12(11(5)15(16)19)14(18)10(3)4;1-8(2)11(17)6-20-16-7-15-12(10(5)14(16)19)13(18)9(3)4/h6-8,10-11H,9H2,1-5H3;2*6-7,9-10H,8H2,1-5H3;7-9H,6H2,1-5H3. The van der Waals surface area contributed by atoms with Crippen LogP contribution in [0.2, 0.25) is 0 Å². The quantitative estimate of drug-likeness (QED) is 0.0603. The second-order valence-corrected chi connectivity index (χ2v) is 21.4. The number of ketones is 8. The molecule has 3 aromatic heterocycles. The minimum Gasteiger partial charge on any atom is -0.486 e. The van der Waals surface area contributed by atoms with E-state index in [0.717, 1.165) is 26.9 Å². The zero-order valence-corrected chi connectivity index (χ0v) is 50.0. The highest BCUT2D eigenvalue weighted by Crippen LogP contribution is 2.21. The lowest BCUT2D eigenvalue weighted by Crippen LogP contribution is -2.34. The maximum absolute atomic E-state index is 12.1. The lowest BCUT2D eigenvalue weighted by Gasteiger charge is -2.12. The molecule has 0 saturated heterocycles. The molecular weight excluding hydrogens is 1020 g/mol. The van der Waals surface area contributed by atoms with Gasteiger partial charge in [-0.2, -0.15) is 4.73 Å². The summed E-state index contributed by atoms with van der Waals surface area (Å²) in [6.45, 7) is 33.2. The number of ether oxygens (including phenoxy) is 2. The molecule has 19 nitrogen and oxygen atoms in total. The highest BCUT2D eigenvalue weighted by Gasteiger charge is 2.21. The van der Waals surface area contributed by atoms with E-state index in [1.807, 2.05) is 40.7 Å². The zero-order chi connectivity index (χ0) is 60.9. The van der Waals surface area contributed by atoms with Gasteiger partial charge in [0.05, 0.1) is 5.69 Å². The molecule has 4 aromatic rings. The summed E-state index contributed by atoms with van der Waals surface area (Å²) >= 11 is 0. The Morgan fingerprint density at radius 1 is 0.456 bits per heavy atom. The first kappa shape index (κ1) is 69.6. The Morgan fingerprint density at radius 3 is 1.34 bits per heavy atom. The van der Waals surface area contributed by atoms with Crippen molar-refractivity contribution in [2.75, 3.05) is 26.4 Å². The van der Waals surface area contributed by atoms with E-state index in [9.17, 15) is 52.7 Å². The van der Waals surface area contributed by atoms with Gasteiger partial charge >= 0.3 is 0 Å². The van der Waals surface area contributed by atoms with Gasteiger partial charge in [0.15, 0.2) is 65.2 Å². The maximum atomic E-state index is 12.1. The van der Waals surface area contributed by atoms with Crippen molar-refractivity contribution in [1.82, 2.24) is 19.0 Å². The molecule has 0 atom stereocenters. The molecule has 0 radical (unpaired) electrons. The second-order valence-electron chi connectivity index (χ2n) is 21.4. The summed E-state index contributed by atoms with van der Waals surface area (Å²) in [7, 11) is 1.52. The van der Waals surface area contributed by atoms with Gasteiger partial charge in [0.2, 0.25) is 0 Å². The van der Waals surface area contributed by atoms with Crippen molar-refractivity contribution in [1.29, 1.82) is 0 Å². The van der Waals surface area contributed by atoms with Crippen LogP contribution in [0.5, 0.6) is 11.5 Å². The van der Waals surface area contributed by atoms with Crippen LogP contribution in [0.3, 0.4) is 0 Å². The summed E-state index contributed by atoms with van der Waals surface area (Å²) in [5.41, 5.74) is 1.77. The number of benzene rings is 1.